The first-order valence-electron chi connectivity index (χ1n) is 18.6. The van der Waals surface area contributed by atoms with Gasteiger partial charge in [-0.1, -0.05) is 60.8 Å². The molecule has 9 heteroatoms. The normalized spacial score (nSPS) is 35.6. The molecule has 0 saturated heterocycles. The molecule has 0 radical (unpaired) electrons. The fourth-order valence-electron chi connectivity index (χ4n) is 11.6. The summed E-state index contributed by atoms with van der Waals surface area (Å²) in [7, 11) is -0.873. The monoisotopic (exact) mass is 664 g/mol. The molecule has 46 heavy (non-hydrogen) atoms. The number of rotatable bonds is 14. The summed E-state index contributed by atoms with van der Waals surface area (Å²) in [6, 6.07) is 0. The maximum Gasteiger partial charge on any atom is 0.306 e. The average Bonchev–Trinajstić information content (AvgIpc) is 3.06. The highest BCUT2D eigenvalue weighted by Crippen LogP contribution is 2.76. The Balaban J connectivity index is 1.96. The van der Waals surface area contributed by atoms with E-state index in [0.717, 1.165) is 76.8 Å². The van der Waals surface area contributed by atoms with Crippen molar-refractivity contribution in [3.8, 4) is 0 Å². The van der Waals surface area contributed by atoms with Crippen LogP contribution in [0.2, 0.25) is 0 Å². The van der Waals surface area contributed by atoms with Gasteiger partial charge in [-0.3, -0.25) is 19.2 Å². The van der Waals surface area contributed by atoms with Crippen molar-refractivity contribution in [2.45, 2.75) is 153 Å². The minimum absolute atomic E-state index is 0.172. The van der Waals surface area contributed by atoms with Crippen LogP contribution in [0.5, 0.6) is 0 Å². The fourth-order valence-corrected chi connectivity index (χ4v) is 17.1. The van der Waals surface area contributed by atoms with E-state index in [2.05, 4.69) is 20.8 Å². The summed E-state index contributed by atoms with van der Waals surface area (Å²) in [6.45, 7) is 6.80. The van der Waals surface area contributed by atoms with Crippen LogP contribution in [0.15, 0.2) is 0 Å². The molecule has 0 spiro atoms. The number of hydrogen-bond acceptors (Lipinski definition) is 4. The van der Waals surface area contributed by atoms with E-state index in [1.54, 1.807) is 0 Å². The smallest absolute Gasteiger partial charge is 0.306 e. The summed E-state index contributed by atoms with van der Waals surface area (Å²) >= 11 is 0. The van der Waals surface area contributed by atoms with Gasteiger partial charge in [0.1, 0.15) is 0 Å². The van der Waals surface area contributed by atoms with Crippen LogP contribution in [0.4, 0.5) is 0 Å². The van der Waals surface area contributed by atoms with Crippen molar-refractivity contribution in [3.05, 3.63) is 0 Å². The molecule has 0 heterocycles. The second-order valence-electron chi connectivity index (χ2n) is 15.4. The molecule has 0 aromatic rings. The summed E-state index contributed by atoms with van der Waals surface area (Å²) in [5.74, 6) is -3.79. The molecule has 4 N–H and O–H groups in total. The van der Waals surface area contributed by atoms with Gasteiger partial charge < -0.3 is 20.4 Å². The SMILES string of the molecule is CCCP(C(CC)(C1CCCC(C(=O)O)C1)C1CCCC(C(=O)O)C1)C(CC)(C1CCCC(C(=O)O)C1)C1CCCC(C(=O)O)C1. The van der Waals surface area contributed by atoms with Crippen molar-refractivity contribution in [1.29, 1.82) is 0 Å². The highest BCUT2D eigenvalue weighted by Gasteiger charge is 2.61. The van der Waals surface area contributed by atoms with Crippen LogP contribution in [-0.4, -0.2) is 60.8 Å². The first-order valence-corrected chi connectivity index (χ1v) is 20.2. The van der Waals surface area contributed by atoms with Crippen LogP contribution in [-0.2, 0) is 19.2 Å². The molecular weight excluding hydrogens is 603 g/mol. The number of hydrogen-bond donors (Lipinski definition) is 4. The Morgan fingerprint density at radius 2 is 0.761 bits per heavy atom. The quantitative estimate of drug-likeness (QED) is 0.135. The van der Waals surface area contributed by atoms with E-state index in [-0.39, 0.29) is 34.0 Å². The number of aliphatic carboxylic acids is 4. The van der Waals surface area contributed by atoms with Gasteiger partial charge in [0, 0.05) is 0 Å². The van der Waals surface area contributed by atoms with E-state index >= 15 is 0 Å². The summed E-state index contributed by atoms with van der Waals surface area (Å²) in [6.07, 6.45) is 16.2. The molecule has 4 aliphatic rings. The third-order valence-corrected chi connectivity index (χ3v) is 18.5. The van der Waals surface area contributed by atoms with E-state index in [9.17, 15) is 39.6 Å². The maximum absolute atomic E-state index is 12.5. The van der Waals surface area contributed by atoms with Crippen LogP contribution in [0.1, 0.15) is 143 Å². The topological polar surface area (TPSA) is 149 Å². The zero-order chi connectivity index (χ0) is 33.6. The molecule has 4 aliphatic carbocycles. The lowest BCUT2D eigenvalue weighted by Crippen LogP contribution is -2.57. The van der Waals surface area contributed by atoms with E-state index in [1.165, 1.54) is 0 Å². The molecule has 0 aliphatic heterocycles. The van der Waals surface area contributed by atoms with Gasteiger partial charge in [-0.2, -0.15) is 0 Å². The lowest BCUT2D eigenvalue weighted by atomic mass is 9.63. The van der Waals surface area contributed by atoms with Crippen molar-refractivity contribution in [2.75, 3.05) is 6.16 Å². The maximum atomic E-state index is 12.5. The lowest BCUT2D eigenvalue weighted by molar-refractivity contribution is -0.145. The van der Waals surface area contributed by atoms with Crippen molar-refractivity contribution in [3.63, 3.8) is 0 Å². The van der Waals surface area contributed by atoms with Gasteiger partial charge >= 0.3 is 23.9 Å². The molecule has 0 aromatic heterocycles. The third-order valence-electron chi connectivity index (χ3n) is 13.5. The molecule has 8 unspecified atom stereocenters. The van der Waals surface area contributed by atoms with Crippen LogP contribution < -0.4 is 0 Å². The lowest BCUT2D eigenvalue weighted by Gasteiger charge is -2.65. The standard InChI is InChI=1S/C37H61O8P/c1-4-19-46(36(5-2,28-15-7-11-24(20-28)32(38)39)29-16-8-12-25(21-29)33(40)41)37(6-3,30-17-9-13-26(22-30)34(42)43)31-18-10-14-27(23-31)35(44)45/h24-31H,4-23H2,1-3H3,(H,38,39)(H,40,41)(H,42,43)(H,44,45). The van der Waals surface area contributed by atoms with Crippen LogP contribution in [0.3, 0.4) is 0 Å². The fraction of sp³-hybridized carbons (Fsp3) is 0.892. The van der Waals surface area contributed by atoms with Gasteiger partial charge in [0.15, 0.2) is 0 Å². The Labute approximate surface area is 277 Å². The molecule has 262 valence electrons. The Morgan fingerprint density at radius 1 is 0.500 bits per heavy atom. The first-order chi connectivity index (χ1) is 22.0. The average molecular weight is 665 g/mol. The van der Waals surface area contributed by atoms with Gasteiger partial charge in [0.2, 0.25) is 0 Å². The van der Waals surface area contributed by atoms with Crippen molar-refractivity contribution >= 4 is 31.8 Å². The van der Waals surface area contributed by atoms with E-state index < -0.39 is 55.5 Å². The van der Waals surface area contributed by atoms with Crippen LogP contribution in [0, 0.1) is 47.3 Å². The van der Waals surface area contributed by atoms with Gasteiger partial charge in [0.05, 0.1) is 23.7 Å². The van der Waals surface area contributed by atoms with Gasteiger partial charge in [-0.05, 0) is 130 Å². The largest absolute Gasteiger partial charge is 0.481 e. The van der Waals surface area contributed by atoms with Gasteiger partial charge in [0.25, 0.3) is 0 Å². The Hall–Kier alpha value is -1.69. The second-order valence-corrected chi connectivity index (χ2v) is 18.4. The van der Waals surface area contributed by atoms with E-state index in [4.69, 9.17) is 0 Å². The molecule has 4 saturated carbocycles. The summed E-state index contributed by atoms with van der Waals surface area (Å²) < 4.78 is 0. The Kier molecular flexibility index (Phi) is 13.0. The van der Waals surface area contributed by atoms with Crippen LogP contribution >= 0.6 is 7.92 Å². The number of carboxylic acid groups (broad SMARTS) is 4. The highest BCUT2D eigenvalue weighted by atomic mass is 31.1. The molecule has 0 amide bonds. The third kappa shape index (κ3) is 7.32. The van der Waals surface area contributed by atoms with Gasteiger partial charge in [-0.15, -0.1) is 0 Å². The number of carbonyl (C=O) groups is 4. The molecule has 4 rings (SSSR count). The van der Waals surface area contributed by atoms with E-state index in [0.29, 0.717) is 51.4 Å². The zero-order valence-electron chi connectivity index (χ0n) is 28.6. The minimum Gasteiger partial charge on any atom is -0.481 e. The first kappa shape index (κ1) is 37.1. The molecule has 4 fully saturated rings. The van der Waals surface area contributed by atoms with Crippen LogP contribution in [0.25, 0.3) is 0 Å². The van der Waals surface area contributed by atoms with Crippen molar-refractivity contribution in [1.82, 2.24) is 0 Å². The molecule has 0 bridgehead atoms. The molecule has 8 atom stereocenters. The predicted octanol–water partition coefficient (Wildman–Crippen LogP) is 8.74. The summed E-state index contributed by atoms with van der Waals surface area (Å²) in [4.78, 5) is 50.0. The van der Waals surface area contributed by atoms with Crippen molar-refractivity contribution < 1.29 is 39.6 Å². The Morgan fingerprint density at radius 3 is 0.957 bits per heavy atom. The summed E-state index contributed by atoms with van der Waals surface area (Å²) in [5, 5.41) is 40.6. The molecule has 0 aromatic carbocycles. The highest BCUT2D eigenvalue weighted by molar-refractivity contribution is 7.61. The molecular formula is C37H61O8P. The minimum atomic E-state index is -0.873. The van der Waals surface area contributed by atoms with Crippen molar-refractivity contribution in [2.24, 2.45) is 47.3 Å². The van der Waals surface area contributed by atoms with E-state index in [1.807, 2.05) is 0 Å². The predicted molar refractivity (Wildman–Crippen MR) is 180 cm³/mol. The van der Waals surface area contributed by atoms with Gasteiger partial charge in [-0.25, -0.2) is 0 Å². The molecule has 8 nitrogen and oxygen atoms in total. The Bertz CT molecular complexity index is 928. The summed E-state index contributed by atoms with van der Waals surface area (Å²) in [5.41, 5.74) is 0. The number of carboxylic acids is 4. The zero-order valence-corrected chi connectivity index (χ0v) is 29.5. The second kappa shape index (κ2) is 16.1.